The van der Waals surface area contributed by atoms with E-state index in [1.807, 2.05) is 13.8 Å². The number of rotatable bonds is 3. The van der Waals surface area contributed by atoms with Crippen LogP contribution >= 0.6 is 0 Å². The van der Waals surface area contributed by atoms with Crippen molar-refractivity contribution in [1.29, 1.82) is 0 Å². The SMILES string of the molecule is CC.O=C(NO)c1cc(F)c2c(c1)CN(CC1CC3(CCCCC3)C1)CC2. The highest BCUT2D eigenvalue weighted by molar-refractivity contribution is 5.93. The van der Waals surface area contributed by atoms with Gasteiger partial charge in [0.2, 0.25) is 0 Å². The van der Waals surface area contributed by atoms with E-state index < -0.39 is 5.91 Å². The fourth-order valence-electron chi connectivity index (χ4n) is 5.43. The Bertz CT molecular complexity index is 663. The van der Waals surface area contributed by atoms with E-state index in [-0.39, 0.29) is 11.4 Å². The molecule has 1 amide bonds. The first-order valence-corrected chi connectivity index (χ1v) is 10.6. The van der Waals surface area contributed by atoms with Crippen molar-refractivity contribution in [2.75, 3.05) is 13.1 Å². The van der Waals surface area contributed by atoms with Gasteiger partial charge in [-0.25, -0.2) is 9.87 Å². The molecule has 2 saturated carbocycles. The Morgan fingerprint density at radius 1 is 1.26 bits per heavy atom. The van der Waals surface area contributed by atoms with E-state index in [1.54, 1.807) is 11.5 Å². The number of nitrogens with zero attached hydrogens (tertiary/aromatic N) is 1. The van der Waals surface area contributed by atoms with Crippen LogP contribution in [0, 0.1) is 17.2 Å². The van der Waals surface area contributed by atoms with Crippen LogP contribution in [0.2, 0.25) is 0 Å². The summed E-state index contributed by atoms with van der Waals surface area (Å²) in [5.74, 6) is -0.217. The van der Waals surface area contributed by atoms with Gasteiger partial charge >= 0.3 is 0 Å². The number of hydroxylamine groups is 1. The lowest BCUT2D eigenvalue weighted by Gasteiger charge is -2.52. The van der Waals surface area contributed by atoms with E-state index in [0.29, 0.717) is 18.4 Å². The summed E-state index contributed by atoms with van der Waals surface area (Å²) >= 11 is 0. The summed E-state index contributed by atoms with van der Waals surface area (Å²) in [5, 5.41) is 8.78. The first kappa shape index (κ1) is 20.3. The first-order chi connectivity index (χ1) is 13.1. The van der Waals surface area contributed by atoms with Crippen LogP contribution in [0.3, 0.4) is 0 Å². The molecule has 27 heavy (non-hydrogen) atoms. The summed E-state index contributed by atoms with van der Waals surface area (Å²) < 4.78 is 14.3. The van der Waals surface area contributed by atoms with Crippen LogP contribution in [0.25, 0.3) is 0 Å². The maximum absolute atomic E-state index is 14.3. The molecule has 5 heteroatoms. The molecule has 1 spiro atoms. The number of carbonyl (C=O) groups excluding carboxylic acids is 1. The fourth-order valence-corrected chi connectivity index (χ4v) is 5.43. The molecule has 0 saturated heterocycles. The molecule has 1 aliphatic heterocycles. The number of benzene rings is 1. The molecule has 150 valence electrons. The van der Waals surface area contributed by atoms with Gasteiger partial charge in [-0.15, -0.1) is 0 Å². The van der Waals surface area contributed by atoms with E-state index in [1.165, 1.54) is 51.0 Å². The zero-order chi connectivity index (χ0) is 19.4. The Hall–Kier alpha value is -1.46. The molecule has 0 unspecified atom stereocenters. The van der Waals surface area contributed by atoms with Crippen LogP contribution in [0.5, 0.6) is 0 Å². The Kier molecular flexibility index (Phi) is 6.53. The van der Waals surface area contributed by atoms with Crippen molar-refractivity contribution in [2.45, 2.75) is 71.8 Å². The van der Waals surface area contributed by atoms with Gasteiger partial charge in [-0.2, -0.15) is 0 Å². The lowest BCUT2D eigenvalue weighted by atomic mass is 9.56. The standard InChI is InChI=1S/C20H27FN2O2.C2H6/c21-18-9-15(19(24)22-25)8-16-13-23(7-4-17(16)18)12-14-10-20(11-14)5-2-1-3-6-20;1-2/h8-9,14,25H,1-7,10-13H2,(H,22,24);1-2H3. The van der Waals surface area contributed by atoms with Crippen LogP contribution in [0.4, 0.5) is 4.39 Å². The van der Waals surface area contributed by atoms with Crippen LogP contribution in [-0.2, 0) is 13.0 Å². The Labute approximate surface area is 162 Å². The highest BCUT2D eigenvalue weighted by atomic mass is 19.1. The highest BCUT2D eigenvalue weighted by Crippen LogP contribution is 2.55. The second-order valence-corrected chi connectivity index (χ2v) is 8.36. The minimum atomic E-state index is -0.656. The van der Waals surface area contributed by atoms with Gasteiger partial charge in [-0.3, -0.25) is 14.9 Å². The maximum Gasteiger partial charge on any atom is 0.274 e. The van der Waals surface area contributed by atoms with Gasteiger partial charge in [0.25, 0.3) is 5.91 Å². The minimum Gasteiger partial charge on any atom is -0.298 e. The van der Waals surface area contributed by atoms with Crippen molar-refractivity contribution in [3.63, 3.8) is 0 Å². The number of carbonyl (C=O) groups is 1. The number of hydrogen-bond donors (Lipinski definition) is 2. The topological polar surface area (TPSA) is 52.6 Å². The summed E-state index contributed by atoms with van der Waals surface area (Å²) in [7, 11) is 0. The maximum atomic E-state index is 14.3. The third kappa shape index (κ3) is 4.35. The second-order valence-electron chi connectivity index (χ2n) is 8.36. The van der Waals surface area contributed by atoms with Crippen LogP contribution in [0.1, 0.15) is 80.3 Å². The molecule has 1 aromatic rings. The quantitative estimate of drug-likeness (QED) is 0.594. The van der Waals surface area contributed by atoms with Gasteiger partial charge in [0.15, 0.2) is 0 Å². The second kappa shape index (κ2) is 8.70. The van der Waals surface area contributed by atoms with E-state index in [4.69, 9.17) is 5.21 Å². The van der Waals surface area contributed by atoms with Gasteiger partial charge in [-0.1, -0.05) is 33.1 Å². The number of nitrogens with one attached hydrogen (secondary N) is 1. The number of amides is 1. The average molecular weight is 377 g/mol. The predicted molar refractivity (Wildman–Crippen MR) is 104 cm³/mol. The zero-order valence-electron chi connectivity index (χ0n) is 16.7. The predicted octanol–water partition coefficient (Wildman–Crippen LogP) is 4.69. The third-order valence-electron chi connectivity index (χ3n) is 6.60. The molecule has 0 bridgehead atoms. The van der Waals surface area contributed by atoms with Crippen molar-refractivity contribution in [3.8, 4) is 0 Å². The van der Waals surface area contributed by atoms with Crippen molar-refractivity contribution in [2.24, 2.45) is 11.3 Å². The van der Waals surface area contributed by atoms with Gasteiger partial charge in [0, 0.05) is 25.2 Å². The Morgan fingerprint density at radius 2 is 1.96 bits per heavy atom. The Morgan fingerprint density at radius 3 is 2.63 bits per heavy atom. The van der Waals surface area contributed by atoms with Gasteiger partial charge in [-0.05, 0) is 66.7 Å². The summed E-state index contributed by atoms with van der Waals surface area (Å²) in [6.07, 6.45) is 10.5. The fraction of sp³-hybridized carbons (Fsp3) is 0.682. The smallest absolute Gasteiger partial charge is 0.274 e. The van der Waals surface area contributed by atoms with Crippen molar-refractivity contribution in [3.05, 3.63) is 34.6 Å². The molecule has 2 N–H and O–H groups in total. The molecule has 2 fully saturated rings. The molecule has 0 radical (unpaired) electrons. The number of halogens is 1. The van der Waals surface area contributed by atoms with E-state index in [0.717, 1.165) is 30.1 Å². The molecule has 0 aromatic heterocycles. The van der Waals surface area contributed by atoms with Gasteiger partial charge < -0.3 is 0 Å². The molecular formula is C22H33FN2O2. The van der Waals surface area contributed by atoms with E-state index >= 15 is 0 Å². The molecule has 1 heterocycles. The number of fused-ring (bicyclic) bond motifs is 1. The van der Waals surface area contributed by atoms with Crippen molar-refractivity contribution >= 4 is 5.91 Å². The minimum absolute atomic E-state index is 0.186. The third-order valence-corrected chi connectivity index (χ3v) is 6.60. The van der Waals surface area contributed by atoms with Gasteiger partial charge in [0.05, 0.1) is 0 Å². The lowest BCUT2D eigenvalue weighted by Crippen LogP contribution is -2.45. The molecule has 1 aromatic carbocycles. The molecule has 4 rings (SSSR count). The average Bonchev–Trinajstić information content (AvgIpc) is 2.68. The normalized spacial score (nSPS) is 21.6. The monoisotopic (exact) mass is 376 g/mol. The first-order valence-electron chi connectivity index (χ1n) is 10.6. The van der Waals surface area contributed by atoms with Crippen LogP contribution in [0.15, 0.2) is 12.1 Å². The summed E-state index contributed by atoms with van der Waals surface area (Å²) in [6.45, 7) is 6.67. The Balaban J connectivity index is 0.00000102. The van der Waals surface area contributed by atoms with Crippen LogP contribution in [-0.4, -0.2) is 29.1 Å². The zero-order valence-corrected chi connectivity index (χ0v) is 16.7. The van der Waals surface area contributed by atoms with E-state index in [2.05, 4.69) is 4.90 Å². The molecule has 3 aliphatic rings. The van der Waals surface area contributed by atoms with Crippen LogP contribution < -0.4 is 5.48 Å². The molecular weight excluding hydrogens is 343 g/mol. The van der Waals surface area contributed by atoms with E-state index in [9.17, 15) is 9.18 Å². The van der Waals surface area contributed by atoms with Crippen molar-refractivity contribution in [1.82, 2.24) is 10.4 Å². The molecule has 4 nitrogen and oxygen atoms in total. The summed E-state index contributed by atoms with van der Waals surface area (Å²) in [6, 6.07) is 2.94. The van der Waals surface area contributed by atoms with Crippen molar-refractivity contribution < 1.29 is 14.4 Å². The highest BCUT2D eigenvalue weighted by Gasteiger charge is 2.44. The molecule has 2 aliphatic carbocycles. The number of hydrogen-bond acceptors (Lipinski definition) is 3. The molecule has 0 atom stereocenters. The summed E-state index contributed by atoms with van der Waals surface area (Å²) in [4.78, 5) is 14.0. The van der Waals surface area contributed by atoms with Gasteiger partial charge in [0.1, 0.15) is 5.82 Å². The summed E-state index contributed by atoms with van der Waals surface area (Å²) in [5.41, 5.74) is 4.03. The lowest BCUT2D eigenvalue weighted by molar-refractivity contribution is -0.00521. The largest absolute Gasteiger partial charge is 0.298 e.